The summed E-state index contributed by atoms with van der Waals surface area (Å²) in [6, 6.07) is 5.26. The van der Waals surface area contributed by atoms with Gasteiger partial charge in [0.15, 0.2) is 5.16 Å². The lowest BCUT2D eigenvalue weighted by molar-refractivity contribution is -0.105. The van der Waals surface area contributed by atoms with Crippen LogP contribution in [-0.4, -0.2) is 33.5 Å². The second kappa shape index (κ2) is 7.51. The molecule has 11 heteroatoms. The molecule has 5 nitrogen and oxygen atoms in total. The van der Waals surface area contributed by atoms with E-state index < -0.39 is 24.1 Å². The molecule has 142 valence electrons. The van der Waals surface area contributed by atoms with Crippen molar-refractivity contribution in [1.82, 2.24) is 15.0 Å². The van der Waals surface area contributed by atoms with Crippen molar-refractivity contribution in [2.75, 3.05) is 5.75 Å². The molecule has 0 saturated heterocycles. The summed E-state index contributed by atoms with van der Waals surface area (Å²) in [6.45, 7) is -2.99. The SMILES string of the molecule is O=c1[nH]cc2cnc(SCC(F)(F)F)nc2c1-c1ccc(OC(F)F)cc1. The fourth-order valence-electron chi connectivity index (χ4n) is 2.29. The van der Waals surface area contributed by atoms with Crippen LogP contribution in [0.5, 0.6) is 5.75 Å². The number of halogens is 5. The number of aromatic amines is 1. The van der Waals surface area contributed by atoms with E-state index in [1.54, 1.807) is 0 Å². The zero-order chi connectivity index (χ0) is 19.6. The number of nitrogens with zero attached hydrogens (tertiary/aromatic N) is 2. The second-order valence-electron chi connectivity index (χ2n) is 5.26. The fourth-order valence-corrected chi connectivity index (χ4v) is 2.87. The first kappa shape index (κ1) is 19.1. The topological polar surface area (TPSA) is 67.9 Å². The van der Waals surface area contributed by atoms with Crippen molar-refractivity contribution in [3.63, 3.8) is 0 Å². The van der Waals surface area contributed by atoms with Gasteiger partial charge in [0.1, 0.15) is 5.75 Å². The molecule has 3 aromatic rings. The highest BCUT2D eigenvalue weighted by molar-refractivity contribution is 7.99. The van der Waals surface area contributed by atoms with Crippen LogP contribution < -0.4 is 10.3 Å². The van der Waals surface area contributed by atoms with Gasteiger partial charge in [0, 0.05) is 17.8 Å². The van der Waals surface area contributed by atoms with E-state index in [4.69, 9.17) is 0 Å². The smallest absolute Gasteiger partial charge is 0.398 e. The van der Waals surface area contributed by atoms with E-state index in [9.17, 15) is 26.7 Å². The van der Waals surface area contributed by atoms with Gasteiger partial charge in [-0.05, 0) is 17.7 Å². The lowest BCUT2D eigenvalue weighted by Crippen LogP contribution is -2.12. The highest BCUT2D eigenvalue weighted by Crippen LogP contribution is 2.29. The maximum absolute atomic E-state index is 12.4. The zero-order valence-corrected chi connectivity index (χ0v) is 14.1. The molecule has 0 radical (unpaired) electrons. The molecular formula is C16H10F5N3O2S. The Morgan fingerprint density at radius 2 is 1.89 bits per heavy atom. The average molecular weight is 403 g/mol. The summed E-state index contributed by atoms with van der Waals surface area (Å²) in [5.74, 6) is -1.27. The Hall–Kier alpha value is -2.69. The van der Waals surface area contributed by atoms with Crippen molar-refractivity contribution >= 4 is 22.7 Å². The summed E-state index contributed by atoms with van der Waals surface area (Å²) in [4.78, 5) is 22.7. The number of fused-ring (bicyclic) bond motifs is 1. The fraction of sp³-hybridized carbons (Fsp3) is 0.188. The van der Waals surface area contributed by atoms with Crippen LogP contribution in [0.15, 0.2) is 46.6 Å². The van der Waals surface area contributed by atoms with Gasteiger partial charge in [-0.2, -0.15) is 22.0 Å². The molecule has 3 rings (SSSR count). The van der Waals surface area contributed by atoms with Crippen molar-refractivity contribution in [3.8, 4) is 16.9 Å². The maximum atomic E-state index is 12.4. The van der Waals surface area contributed by atoms with E-state index in [2.05, 4.69) is 19.7 Å². The second-order valence-corrected chi connectivity index (χ2v) is 6.20. The zero-order valence-electron chi connectivity index (χ0n) is 13.3. The molecule has 0 aliphatic rings. The third kappa shape index (κ3) is 4.73. The molecule has 1 aromatic carbocycles. The monoisotopic (exact) mass is 403 g/mol. The average Bonchev–Trinajstić information content (AvgIpc) is 2.59. The Morgan fingerprint density at radius 1 is 1.19 bits per heavy atom. The first-order chi connectivity index (χ1) is 12.7. The number of alkyl halides is 5. The minimum Gasteiger partial charge on any atom is -0.435 e. The summed E-state index contributed by atoms with van der Waals surface area (Å²) in [5.41, 5.74) is 0.0535. The number of pyridine rings is 1. The van der Waals surface area contributed by atoms with Gasteiger partial charge in [0.05, 0.1) is 16.8 Å². The van der Waals surface area contributed by atoms with E-state index in [1.807, 2.05) is 0 Å². The quantitative estimate of drug-likeness (QED) is 0.392. The molecule has 0 aliphatic carbocycles. The predicted octanol–water partition coefficient (Wildman–Crippen LogP) is 4.24. The molecule has 0 spiro atoms. The van der Waals surface area contributed by atoms with E-state index in [0.717, 1.165) is 0 Å². The predicted molar refractivity (Wildman–Crippen MR) is 89.0 cm³/mol. The van der Waals surface area contributed by atoms with Crippen LogP contribution in [0.25, 0.3) is 22.0 Å². The van der Waals surface area contributed by atoms with Crippen LogP contribution in [0.2, 0.25) is 0 Å². The van der Waals surface area contributed by atoms with E-state index in [0.29, 0.717) is 22.7 Å². The first-order valence-electron chi connectivity index (χ1n) is 7.36. The molecule has 0 saturated carbocycles. The molecular weight excluding hydrogens is 393 g/mol. The van der Waals surface area contributed by atoms with Crippen LogP contribution >= 0.6 is 11.8 Å². The van der Waals surface area contributed by atoms with Gasteiger partial charge in [0.25, 0.3) is 5.56 Å². The molecule has 2 aromatic heterocycles. The number of hydrogen-bond acceptors (Lipinski definition) is 5. The van der Waals surface area contributed by atoms with E-state index in [-0.39, 0.29) is 22.0 Å². The van der Waals surface area contributed by atoms with E-state index in [1.165, 1.54) is 36.7 Å². The van der Waals surface area contributed by atoms with Crippen molar-refractivity contribution < 1.29 is 26.7 Å². The van der Waals surface area contributed by atoms with Crippen LogP contribution in [0.1, 0.15) is 0 Å². The lowest BCUT2D eigenvalue weighted by Gasteiger charge is -2.09. The number of nitrogens with one attached hydrogen (secondary N) is 1. The van der Waals surface area contributed by atoms with Crippen molar-refractivity contribution in [2.24, 2.45) is 0 Å². The Bertz CT molecular complexity index is 1010. The molecule has 27 heavy (non-hydrogen) atoms. The maximum Gasteiger partial charge on any atom is 0.398 e. The molecule has 0 aliphatic heterocycles. The summed E-state index contributed by atoms with van der Waals surface area (Å²) < 4.78 is 65.9. The molecule has 0 fully saturated rings. The number of benzene rings is 1. The van der Waals surface area contributed by atoms with Crippen LogP contribution in [-0.2, 0) is 0 Å². The van der Waals surface area contributed by atoms with Crippen LogP contribution in [0.3, 0.4) is 0 Å². The Kier molecular flexibility index (Phi) is 5.31. The number of H-pyrrole nitrogens is 1. The molecule has 0 atom stereocenters. The summed E-state index contributed by atoms with van der Waals surface area (Å²) >= 11 is 0.398. The van der Waals surface area contributed by atoms with Gasteiger partial charge in [-0.15, -0.1) is 0 Å². The molecule has 1 N–H and O–H groups in total. The van der Waals surface area contributed by atoms with Crippen molar-refractivity contribution in [1.29, 1.82) is 0 Å². The Labute approximate surface area is 152 Å². The van der Waals surface area contributed by atoms with Gasteiger partial charge < -0.3 is 9.72 Å². The minimum absolute atomic E-state index is 0.0901. The lowest BCUT2D eigenvalue weighted by atomic mass is 10.1. The first-order valence-corrected chi connectivity index (χ1v) is 8.35. The van der Waals surface area contributed by atoms with Crippen LogP contribution in [0, 0.1) is 0 Å². The van der Waals surface area contributed by atoms with Gasteiger partial charge in [-0.25, -0.2) is 9.97 Å². The number of aromatic nitrogens is 3. The summed E-state index contributed by atoms with van der Waals surface area (Å²) in [6.07, 6.45) is -1.75. The highest BCUT2D eigenvalue weighted by atomic mass is 32.2. The minimum atomic E-state index is -4.39. The number of hydrogen-bond donors (Lipinski definition) is 1. The summed E-state index contributed by atoms with van der Waals surface area (Å²) in [7, 11) is 0. The number of thioether (sulfide) groups is 1. The third-order valence-corrected chi connectivity index (χ3v) is 4.28. The molecule has 2 heterocycles. The molecule has 0 unspecified atom stereocenters. The van der Waals surface area contributed by atoms with Gasteiger partial charge in [0.2, 0.25) is 0 Å². The van der Waals surface area contributed by atoms with Gasteiger partial charge >= 0.3 is 12.8 Å². The number of ether oxygens (including phenoxy) is 1. The normalized spacial score (nSPS) is 11.9. The van der Waals surface area contributed by atoms with Crippen molar-refractivity contribution in [2.45, 2.75) is 17.9 Å². The molecule has 0 bridgehead atoms. The molecule has 0 amide bonds. The Morgan fingerprint density at radius 3 is 2.52 bits per heavy atom. The summed E-state index contributed by atoms with van der Waals surface area (Å²) in [5, 5.41) is 0.276. The van der Waals surface area contributed by atoms with Crippen molar-refractivity contribution in [3.05, 3.63) is 47.0 Å². The van der Waals surface area contributed by atoms with Gasteiger partial charge in [-0.3, -0.25) is 4.79 Å². The number of rotatable bonds is 5. The van der Waals surface area contributed by atoms with E-state index >= 15 is 0 Å². The highest BCUT2D eigenvalue weighted by Gasteiger charge is 2.28. The van der Waals surface area contributed by atoms with Gasteiger partial charge in [-0.1, -0.05) is 23.9 Å². The van der Waals surface area contributed by atoms with Crippen LogP contribution in [0.4, 0.5) is 22.0 Å². The third-order valence-electron chi connectivity index (χ3n) is 3.35. The largest absolute Gasteiger partial charge is 0.435 e. The Balaban J connectivity index is 2.03. The standard InChI is InChI=1S/C16H10F5N3O2S/c17-14(18)26-10-3-1-8(2-4-10)11-12-9(5-22-13(11)25)6-23-15(24-12)27-7-16(19,20)21/h1-6,14H,7H2,(H,22,25).